The van der Waals surface area contributed by atoms with E-state index in [0.717, 1.165) is 0 Å². The fourth-order valence-electron chi connectivity index (χ4n) is 2.37. The summed E-state index contributed by atoms with van der Waals surface area (Å²) in [5.41, 5.74) is 4.57. The highest BCUT2D eigenvalue weighted by atomic mass is 15.1. The fourth-order valence-corrected chi connectivity index (χ4v) is 2.37. The minimum atomic E-state index is 0.599. The first-order valence-electron chi connectivity index (χ1n) is 5.36. The quantitative estimate of drug-likeness (QED) is 0.487. The van der Waals surface area contributed by atoms with Crippen LogP contribution in [0.25, 0.3) is 0 Å². The van der Waals surface area contributed by atoms with Crippen molar-refractivity contribution in [2.75, 3.05) is 0 Å². The van der Waals surface area contributed by atoms with Gasteiger partial charge in [-0.2, -0.15) is 0 Å². The van der Waals surface area contributed by atoms with E-state index >= 15 is 0 Å². The third kappa shape index (κ3) is 1.28. The van der Waals surface area contributed by atoms with Crippen molar-refractivity contribution in [1.29, 1.82) is 0 Å². The average Bonchev–Trinajstić information content (AvgIpc) is 2.92. The van der Waals surface area contributed by atoms with Crippen LogP contribution in [0, 0.1) is 0 Å². The number of nitrogens with one attached hydrogen (secondary N) is 1. The van der Waals surface area contributed by atoms with Gasteiger partial charge in [-0.25, -0.2) is 0 Å². The number of fused-ring (bicyclic) bond motifs is 3. The Bertz CT molecular complexity index is 392. The van der Waals surface area contributed by atoms with Crippen LogP contribution in [0.15, 0.2) is 35.9 Å². The summed E-state index contributed by atoms with van der Waals surface area (Å²) in [6.45, 7) is 2.24. The van der Waals surface area contributed by atoms with E-state index in [1.165, 1.54) is 29.5 Å². The number of rotatable bonds is 0. The van der Waals surface area contributed by atoms with Gasteiger partial charge >= 0.3 is 0 Å². The molecular weight excluding hydrogens is 170 g/mol. The van der Waals surface area contributed by atoms with E-state index < -0.39 is 0 Å². The molecule has 3 rings (SSSR count). The standard InChI is InChI=1S/C13H15N/c1-9-6-7-10-4-2-3-5-11(10)13-12(8-9)14-13/h2-5,8,12-14H,6-7H2,1H3/b9-8-. The Kier molecular flexibility index (Phi) is 1.74. The van der Waals surface area contributed by atoms with Crippen LogP contribution in [0.4, 0.5) is 0 Å². The molecule has 0 aromatic heterocycles. The van der Waals surface area contributed by atoms with E-state index in [9.17, 15) is 0 Å². The zero-order valence-corrected chi connectivity index (χ0v) is 8.46. The zero-order valence-electron chi connectivity index (χ0n) is 8.46. The molecular formula is C13H15N. The lowest BCUT2D eigenvalue weighted by atomic mass is 9.94. The molecule has 1 N–H and O–H groups in total. The van der Waals surface area contributed by atoms with E-state index in [4.69, 9.17) is 0 Å². The molecule has 1 aromatic rings. The van der Waals surface area contributed by atoms with Crippen molar-refractivity contribution in [3.8, 4) is 0 Å². The van der Waals surface area contributed by atoms with Gasteiger partial charge in [0.2, 0.25) is 0 Å². The summed E-state index contributed by atoms with van der Waals surface area (Å²) in [4.78, 5) is 0. The molecule has 1 fully saturated rings. The molecule has 1 nitrogen and oxygen atoms in total. The van der Waals surface area contributed by atoms with Crippen molar-refractivity contribution in [3.63, 3.8) is 0 Å². The van der Waals surface area contributed by atoms with Crippen molar-refractivity contribution in [3.05, 3.63) is 47.0 Å². The number of hydrogen-bond donors (Lipinski definition) is 1. The summed E-state index contributed by atoms with van der Waals surface area (Å²) in [6.07, 6.45) is 4.80. The molecule has 72 valence electrons. The number of aryl methyl sites for hydroxylation is 1. The second-order valence-electron chi connectivity index (χ2n) is 4.38. The van der Waals surface area contributed by atoms with Crippen LogP contribution in [0.5, 0.6) is 0 Å². The van der Waals surface area contributed by atoms with Crippen molar-refractivity contribution >= 4 is 0 Å². The van der Waals surface area contributed by atoms with Gasteiger partial charge < -0.3 is 5.32 Å². The van der Waals surface area contributed by atoms with Crippen molar-refractivity contribution < 1.29 is 0 Å². The third-order valence-electron chi connectivity index (χ3n) is 3.26. The molecule has 1 aliphatic carbocycles. The minimum Gasteiger partial charge on any atom is -0.300 e. The molecule has 2 aliphatic rings. The summed E-state index contributed by atoms with van der Waals surface area (Å²) in [5, 5.41) is 3.52. The molecule has 14 heavy (non-hydrogen) atoms. The third-order valence-corrected chi connectivity index (χ3v) is 3.26. The zero-order chi connectivity index (χ0) is 9.54. The smallest absolute Gasteiger partial charge is 0.0520 e. The molecule has 1 heteroatoms. The van der Waals surface area contributed by atoms with Crippen molar-refractivity contribution in [2.24, 2.45) is 0 Å². The van der Waals surface area contributed by atoms with Crippen molar-refractivity contribution in [1.82, 2.24) is 5.32 Å². The number of allylic oxidation sites excluding steroid dienone is 1. The Morgan fingerprint density at radius 2 is 2.07 bits per heavy atom. The molecule has 0 amide bonds. The topological polar surface area (TPSA) is 21.9 Å². The minimum absolute atomic E-state index is 0.599. The highest BCUT2D eigenvalue weighted by molar-refractivity contribution is 5.39. The van der Waals surface area contributed by atoms with E-state index in [2.05, 4.69) is 42.6 Å². The lowest BCUT2D eigenvalue weighted by Crippen LogP contribution is -1.99. The van der Waals surface area contributed by atoms with Crippen LogP contribution >= 0.6 is 0 Å². The fraction of sp³-hybridized carbons (Fsp3) is 0.385. The van der Waals surface area contributed by atoms with Gasteiger partial charge in [-0.15, -0.1) is 0 Å². The molecule has 0 spiro atoms. The first-order chi connectivity index (χ1) is 6.84. The average molecular weight is 185 g/mol. The molecule has 2 unspecified atom stereocenters. The van der Waals surface area contributed by atoms with E-state index in [0.29, 0.717) is 12.1 Å². The van der Waals surface area contributed by atoms with Crippen LogP contribution in [-0.4, -0.2) is 6.04 Å². The molecule has 0 saturated carbocycles. The largest absolute Gasteiger partial charge is 0.300 e. The monoisotopic (exact) mass is 185 g/mol. The van der Waals surface area contributed by atoms with Gasteiger partial charge in [0.1, 0.15) is 0 Å². The van der Waals surface area contributed by atoms with Gasteiger partial charge in [-0.3, -0.25) is 0 Å². The lowest BCUT2D eigenvalue weighted by Gasteiger charge is -2.10. The van der Waals surface area contributed by atoms with Crippen LogP contribution < -0.4 is 5.32 Å². The first kappa shape index (κ1) is 8.25. The van der Waals surface area contributed by atoms with Gasteiger partial charge in [0.05, 0.1) is 6.04 Å². The molecule has 1 aromatic carbocycles. The molecule has 0 radical (unpaired) electrons. The van der Waals surface area contributed by atoms with Crippen LogP contribution in [0.2, 0.25) is 0 Å². The molecule has 1 heterocycles. The summed E-state index contributed by atoms with van der Waals surface area (Å²) < 4.78 is 0. The Balaban J connectivity index is 2.02. The molecule has 1 aliphatic heterocycles. The van der Waals surface area contributed by atoms with Crippen LogP contribution in [-0.2, 0) is 6.42 Å². The van der Waals surface area contributed by atoms with E-state index in [1.807, 2.05) is 0 Å². The maximum Gasteiger partial charge on any atom is 0.0520 e. The maximum atomic E-state index is 3.52. The highest BCUT2D eigenvalue weighted by Gasteiger charge is 2.37. The SMILES string of the molecule is C/C1=C/C2NC2c2ccccc2CC1. The Morgan fingerprint density at radius 1 is 1.21 bits per heavy atom. The van der Waals surface area contributed by atoms with Crippen molar-refractivity contribution in [2.45, 2.75) is 31.8 Å². The summed E-state index contributed by atoms with van der Waals surface area (Å²) in [7, 11) is 0. The van der Waals surface area contributed by atoms with E-state index in [1.54, 1.807) is 0 Å². The maximum absolute atomic E-state index is 3.52. The predicted octanol–water partition coefficient (Wildman–Crippen LogP) is 2.59. The van der Waals surface area contributed by atoms with Gasteiger partial charge in [-0.05, 0) is 30.9 Å². The second-order valence-corrected chi connectivity index (χ2v) is 4.38. The number of benzene rings is 1. The highest BCUT2D eigenvalue weighted by Crippen LogP contribution is 2.36. The summed E-state index contributed by atoms with van der Waals surface area (Å²) in [5.74, 6) is 0. The summed E-state index contributed by atoms with van der Waals surface area (Å²) in [6, 6.07) is 10.0. The van der Waals surface area contributed by atoms with Crippen LogP contribution in [0.1, 0.15) is 30.5 Å². The lowest BCUT2D eigenvalue weighted by molar-refractivity contribution is 0.884. The Hall–Kier alpha value is -1.08. The van der Waals surface area contributed by atoms with Gasteiger partial charge in [-0.1, -0.05) is 35.9 Å². The normalized spacial score (nSPS) is 33.1. The molecule has 1 saturated heterocycles. The second kappa shape index (κ2) is 2.96. The van der Waals surface area contributed by atoms with Gasteiger partial charge in [0.15, 0.2) is 0 Å². The predicted molar refractivity (Wildman–Crippen MR) is 58.2 cm³/mol. The Labute approximate surface area is 84.8 Å². The summed E-state index contributed by atoms with van der Waals surface area (Å²) >= 11 is 0. The first-order valence-corrected chi connectivity index (χ1v) is 5.36. The Morgan fingerprint density at radius 3 is 3.00 bits per heavy atom. The van der Waals surface area contributed by atoms with Gasteiger partial charge in [0, 0.05) is 6.04 Å². The van der Waals surface area contributed by atoms with E-state index in [-0.39, 0.29) is 0 Å². The molecule has 2 atom stereocenters. The number of hydrogen-bond acceptors (Lipinski definition) is 1. The molecule has 0 bridgehead atoms. The van der Waals surface area contributed by atoms with Crippen LogP contribution in [0.3, 0.4) is 0 Å². The van der Waals surface area contributed by atoms with Gasteiger partial charge in [0.25, 0.3) is 0 Å².